The van der Waals surface area contributed by atoms with E-state index in [1.165, 1.54) is 0 Å². The van der Waals surface area contributed by atoms with Gasteiger partial charge < -0.3 is 15.9 Å². The van der Waals surface area contributed by atoms with E-state index in [1.54, 1.807) is 0 Å². The summed E-state index contributed by atoms with van der Waals surface area (Å²) >= 11 is 0. The van der Waals surface area contributed by atoms with Gasteiger partial charge in [0.2, 0.25) is 0 Å². The first-order valence-corrected chi connectivity index (χ1v) is 2.24. The highest BCUT2D eigenvalue weighted by atomic mass is 127. The first-order valence-electron chi connectivity index (χ1n) is 2.24. The first kappa shape index (κ1) is 12.3. The molecule has 10 heavy (non-hydrogen) atoms. The third-order valence-corrected chi connectivity index (χ3v) is 0.712. The Morgan fingerprint density at radius 3 is 1.90 bits per heavy atom. The number of carbonyl (C=O) groups is 2. The zero-order valence-corrected chi connectivity index (χ0v) is 7.31. The molecule has 0 radical (unpaired) electrons. The lowest BCUT2D eigenvalue weighted by molar-refractivity contribution is -0.144. The van der Waals surface area contributed by atoms with Gasteiger partial charge in [-0.05, 0) is 0 Å². The van der Waals surface area contributed by atoms with E-state index in [-0.39, 0.29) is 24.0 Å². The highest BCUT2D eigenvalue weighted by Crippen LogP contribution is 1.86. The van der Waals surface area contributed by atoms with E-state index >= 15 is 0 Å². The van der Waals surface area contributed by atoms with Crippen molar-refractivity contribution in [1.29, 1.82) is 0 Å². The summed E-state index contributed by atoms with van der Waals surface area (Å²) in [6, 6.07) is -1.29. The highest BCUT2D eigenvalue weighted by molar-refractivity contribution is 14.0. The van der Waals surface area contributed by atoms with Crippen molar-refractivity contribution in [2.24, 2.45) is 5.73 Å². The summed E-state index contributed by atoms with van der Waals surface area (Å²) in [6.07, 6.45) is -0.532. The lowest BCUT2D eigenvalue weighted by atomic mass is 10.2. The first-order chi connectivity index (χ1) is 4.04. The fourth-order valence-corrected chi connectivity index (χ4v) is 0.275. The molecule has 0 aromatic rings. The minimum Gasteiger partial charge on any atom is -0.481 e. The maximum Gasteiger partial charge on any atom is 0.321 e. The predicted octanol–water partition coefficient (Wildman–Crippen LogP) is -0.509. The average molecular weight is 261 g/mol. The van der Waals surface area contributed by atoms with Gasteiger partial charge in [-0.15, -0.1) is 24.0 Å². The van der Waals surface area contributed by atoms with Crippen LogP contribution in [0.5, 0.6) is 0 Å². The van der Waals surface area contributed by atoms with Crippen molar-refractivity contribution in [3.8, 4) is 0 Å². The molecule has 0 aliphatic carbocycles. The number of nitrogens with two attached hydrogens (primary N) is 1. The number of carboxylic acids is 2. The third-order valence-electron chi connectivity index (χ3n) is 0.712. The molecule has 60 valence electrons. The molecule has 1 atom stereocenters. The Morgan fingerprint density at radius 1 is 1.40 bits per heavy atom. The second-order valence-electron chi connectivity index (χ2n) is 1.54. The summed E-state index contributed by atoms with van der Waals surface area (Å²) in [4.78, 5) is 19.6. The Kier molecular flexibility index (Phi) is 6.67. The lowest BCUT2D eigenvalue weighted by Crippen LogP contribution is -2.32. The van der Waals surface area contributed by atoms with E-state index in [0.717, 1.165) is 0 Å². The van der Waals surface area contributed by atoms with E-state index in [1.807, 2.05) is 0 Å². The molecule has 0 unspecified atom stereocenters. The number of aliphatic carboxylic acids is 2. The maximum absolute atomic E-state index is 9.85. The second kappa shape index (κ2) is 5.42. The maximum atomic E-state index is 9.85. The van der Waals surface area contributed by atoms with Crippen molar-refractivity contribution in [3.05, 3.63) is 0 Å². The molecule has 0 saturated heterocycles. The SMILES string of the molecule is I.N[C@@H](CC(=O)O)C(=O)O. The summed E-state index contributed by atoms with van der Waals surface area (Å²) in [6.45, 7) is 0. The normalized spacial score (nSPS) is 11.3. The van der Waals surface area contributed by atoms with Crippen LogP contribution in [-0.4, -0.2) is 28.2 Å². The number of hydrogen-bond donors (Lipinski definition) is 3. The fraction of sp³-hybridized carbons (Fsp3) is 0.500. The zero-order valence-electron chi connectivity index (χ0n) is 4.98. The number of hydrogen-bond acceptors (Lipinski definition) is 3. The number of rotatable bonds is 3. The van der Waals surface area contributed by atoms with Gasteiger partial charge in [-0.1, -0.05) is 0 Å². The smallest absolute Gasteiger partial charge is 0.321 e. The Labute approximate surface area is 74.2 Å². The summed E-state index contributed by atoms with van der Waals surface area (Å²) in [5.74, 6) is -2.50. The average Bonchev–Trinajstić information content (AvgIpc) is 1.63. The number of carboxylic acid groups (broad SMARTS) is 2. The molecule has 4 N–H and O–H groups in total. The molecule has 0 aliphatic rings. The lowest BCUT2D eigenvalue weighted by Gasteiger charge is -1.99. The molecule has 0 heterocycles. The van der Waals surface area contributed by atoms with Crippen LogP contribution in [0.25, 0.3) is 0 Å². The molecule has 0 spiro atoms. The highest BCUT2D eigenvalue weighted by Gasteiger charge is 2.14. The van der Waals surface area contributed by atoms with Gasteiger partial charge in [0.05, 0.1) is 6.42 Å². The summed E-state index contributed by atoms with van der Waals surface area (Å²) in [7, 11) is 0. The molecule has 0 aromatic heterocycles. The van der Waals surface area contributed by atoms with Gasteiger partial charge in [-0.2, -0.15) is 0 Å². The van der Waals surface area contributed by atoms with Crippen LogP contribution in [0.2, 0.25) is 0 Å². The largest absolute Gasteiger partial charge is 0.481 e. The fourth-order valence-electron chi connectivity index (χ4n) is 0.275. The predicted molar refractivity (Wildman–Crippen MR) is 43.3 cm³/mol. The minimum atomic E-state index is -1.29. The molecule has 0 saturated carbocycles. The number of halogens is 1. The van der Waals surface area contributed by atoms with Crippen molar-refractivity contribution in [2.75, 3.05) is 0 Å². The van der Waals surface area contributed by atoms with Gasteiger partial charge in [0.1, 0.15) is 6.04 Å². The molecular weight excluding hydrogens is 253 g/mol. The van der Waals surface area contributed by atoms with Crippen LogP contribution in [0.4, 0.5) is 0 Å². The molecule has 0 fully saturated rings. The van der Waals surface area contributed by atoms with E-state index in [4.69, 9.17) is 15.9 Å². The zero-order chi connectivity index (χ0) is 7.44. The summed E-state index contributed by atoms with van der Waals surface area (Å²) in [5.41, 5.74) is 4.84. The molecule has 0 rings (SSSR count). The Hall–Kier alpha value is -0.370. The van der Waals surface area contributed by atoms with Gasteiger partial charge in [-0.3, -0.25) is 9.59 Å². The van der Waals surface area contributed by atoms with E-state index in [0.29, 0.717) is 0 Å². The summed E-state index contributed by atoms with van der Waals surface area (Å²) < 4.78 is 0. The van der Waals surface area contributed by atoms with E-state index in [9.17, 15) is 9.59 Å². The van der Waals surface area contributed by atoms with Crippen molar-refractivity contribution in [1.82, 2.24) is 0 Å². The molecule has 0 aliphatic heterocycles. The van der Waals surface area contributed by atoms with Crippen molar-refractivity contribution in [3.63, 3.8) is 0 Å². The summed E-state index contributed by atoms with van der Waals surface area (Å²) in [5, 5.41) is 16.0. The van der Waals surface area contributed by atoms with Gasteiger partial charge in [0.25, 0.3) is 0 Å². The van der Waals surface area contributed by atoms with Gasteiger partial charge in [0.15, 0.2) is 0 Å². The van der Waals surface area contributed by atoms with Crippen LogP contribution in [0.3, 0.4) is 0 Å². The van der Waals surface area contributed by atoms with Gasteiger partial charge >= 0.3 is 11.9 Å². The molecule has 0 aromatic carbocycles. The third kappa shape index (κ3) is 5.76. The Morgan fingerprint density at radius 2 is 1.80 bits per heavy atom. The molecular formula is C4H8INO4. The van der Waals surface area contributed by atoms with Crippen LogP contribution in [0.15, 0.2) is 0 Å². The monoisotopic (exact) mass is 261 g/mol. The standard InChI is InChI=1S/C4H7NO4.HI/c5-2(4(8)9)1-3(6)7;/h2H,1,5H2,(H,6,7)(H,8,9);1H/t2-;/m0./s1. The Bertz CT molecular complexity index is 137. The van der Waals surface area contributed by atoms with Crippen LogP contribution >= 0.6 is 24.0 Å². The van der Waals surface area contributed by atoms with Gasteiger partial charge in [-0.25, -0.2) is 0 Å². The van der Waals surface area contributed by atoms with Gasteiger partial charge in [0, 0.05) is 0 Å². The van der Waals surface area contributed by atoms with Crippen LogP contribution in [-0.2, 0) is 9.59 Å². The molecule has 6 heteroatoms. The second-order valence-corrected chi connectivity index (χ2v) is 1.54. The van der Waals surface area contributed by atoms with Crippen molar-refractivity contribution < 1.29 is 19.8 Å². The van der Waals surface area contributed by atoms with Crippen LogP contribution in [0.1, 0.15) is 6.42 Å². The van der Waals surface area contributed by atoms with Crippen molar-refractivity contribution >= 4 is 35.9 Å². The Balaban J connectivity index is 0. The molecule has 5 nitrogen and oxygen atoms in total. The molecule has 0 amide bonds. The van der Waals surface area contributed by atoms with E-state index < -0.39 is 24.4 Å². The van der Waals surface area contributed by atoms with Crippen LogP contribution < -0.4 is 5.73 Å². The van der Waals surface area contributed by atoms with E-state index in [2.05, 4.69) is 0 Å². The van der Waals surface area contributed by atoms with Crippen LogP contribution in [0, 0.1) is 0 Å². The minimum absolute atomic E-state index is 0. The van der Waals surface area contributed by atoms with Crippen molar-refractivity contribution in [2.45, 2.75) is 12.5 Å². The topological polar surface area (TPSA) is 101 Å². The quantitative estimate of drug-likeness (QED) is 0.594. The molecule has 0 bridgehead atoms.